The molecule has 8 nitrogen and oxygen atoms in total. The van der Waals surface area contributed by atoms with Crippen molar-refractivity contribution in [2.45, 2.75) is 25.9 Å². The van der Waals surface area contributed by atoms with E-state index in [2.05, 4.69) is 63.3 Å². The molecule has 0 saturated carbocycles. The molecule has 1 amide bonds. The molecule has 8 heteroatoms. The van der Waals surface area contributed by atoms with Crippen molar-refractivity contribution < 1.29 is 9.53 Å². The zero-order valence-corrected chi connectivity index (χ0v) is 17.8. The zero-order valence-electron chi connectivity index (χ0n) is 17.8. The Morgan fingerprint density at radius 2 is 1.93 bits per heavy atom. The van der Waals surface area contributed by atoms with Gasteiger partial charge in [-0.05, 0) is 50.7 Å². The van der Waals surface area contributed by atoms with Crippen molar-refractivity contribution in [3.8, 4) is 0 Å². The number of rotatable bonds is 6. The van der Waals surface area contributed by atoms with Gasteiger partial charge in [0.15, 0.2) is 0 Å². The number of hydrogen-bond acceptors (Lipinski definition) is 7. The number of aromatic nitrogens is 2. The minimum Gasteiger partial charge on any atom is -0.447 e. The van der Waals surface area contributed by atoms with Crippen molar-refractivity contribution in [2.24, 2.45) is 0 Å². The molecule has 3 heterocycles. The number of hydrogen-bond donors (Lipinski definition) is 1. The average molecular weight is 411 g/mol. The highest BCUT2D eigenvalue weighted by Gasteiger charge is 2.25. The fourth-order valence-electron chi connectivity index (χ4n) is 3.88. The number of nitrogens with one attached hydrogen (secondary N) is 1. The first-order chi connectivity index (χ1) is 14.6. The van der Waals surface area contributed by atoms with Gasteiger partial charge in [-0.25, -0.2) is 9.78 Å². The molecule has 0 spiro atoms. The molecule has 0 bridgehead atoms. The Balaban J connectivity index is 1.36. The van der Waals surface area contributed by atoms with E-state index < -0.39 is 0 Å². The van der Waals surface area contributed by atoms with Gasteiger partial charge in [0, 0.05) is 25.8 Å². The van der Waals surface area contributed by atoms with Crippen molar-refractivity contribution in [1.82, 2.24) is 19.8 Å². The normalized spacial score (nSPS) is 19.4. The molecule has 160 valence electrons. The number of carbonyl (C=O) groups excluding carboxylic acids is 1. The highest BCUT2D eigenvalue weighted by Crippen LogP contribution is 2.21. The third-order valence-corrected chi connectivity index (χ3v) is 5.72. The van der Waals surface area contributed by atoms with Crippen LogP contribution in [0.15, 0.2) is 36.5 Å². The molecule has 1 aromatic carbocycles. The maximum Gasteiger partial charge on any atom is 0.415 e. The molecule has 1 atom stereocenters. The van der Waals surface area contributed by atoms with Gasteiger partial charge >= 0.3 is 6.09 Å². The van der Waals surface area contributed by atoms with E-state index in [4.69, 9.17) is 4.74 Å². The summed E-state index contributed by atoms with van der Waals surface area (Å²) < 4.78 is 4.99. The molecule has 2 aliphatic heterocycles. The van der Waals surface area contributed by atoms with E-state index >= 15 is 0 Å². The molecule has 30 heavy (non-hydrogen) atoms. The van der Waals surface area contributed by atoms with Crippen LogP contribution in [0.4, 0.5) is 16.6 Å². The Hall–Kier alpha value is -2.71. The number of likely N-dealkylation sites (N-methyl/N-ethyl adjacent to an activating group) is 1. The van der Waals surface area contributed by atoms with Gasteiger partial charge in [0.05, 0.1) is 12.6 Å². The van der Waals surface area contributed by atoms with E-state index in [1.807, 2.05) is 0 Å². The van der Waals surface area contributed by atoms with Gasteiger partial charge in [-0.15, -0.1) is 0 Å². The van der Waals surface area contributed by atoms with E-state index in [-0.39, 0.29) is 12.1 Å². The van der Waals surface area contributed by atoms with Crippen molar-refractivity contribution >= 4 is 17.9 Å². The number of ether oxygens (including phenoxy) is 1. The van der Waals surface area contributed by atoms with E-state index in [0.717, 1.165) is 26.2 Å². The van der Waals surface area contributed by atoms with E-state index in [1.165, 1.54) is 29.0 Å². The van der Waals surface area contributed by atoms with Crippen molar-refractivity contribution in [2.75, 3.05) is 56.6 Å². The zero-order chi connectivity index (χ0) is 20.9. The monoisotopic (exact) mass is 410 g/mol. The summed E-state index contributed by atoms with van der Waals surface area (Å²) in [6.07, 6.45) is 2.52. The topological polar surface area (TPSA) is 73.8 Å². The summed E-state index contributed by atoms with van der Waals surface area (Å²) in [6.45, 7) is 8.57. The molecule has 2 aromatic rings. The van der Waals surface area contributed by atoms with Crippen LogP contribution in [-0.2, 0) is 11.3 Å². The Morgan fingerprint density at radius 3 is 2.70 bits per heavy atom. The number of nitrogens with zero attached hydrogens (tertiary/aromatic N) is 5. The summed E-state index contributed by atoms with van der Waals surface area (Å²) in [5.41, 5.74) is 2.50. The second-order valence-corrected chi connectivity index (χ2v) is 8.05. The van der Waals surface area contributed by atoms with Crippen LogP contribution in [0.25, 0.3) is 0 Å². The summed E-state index contributed by atoms with van der Waals surface area (Å²) in [7, 11) is 2.20. The Labute approximate surface area is 177 Å². The molecule has 2 saturated heterocycles. The highest BCUT2D eigenvalue weighted by atomic mass is 16.6. The van der Waals surface area contributed by atoms with Crippen LogP contribution >= 0.6 is 0 Å². The van der Waals surface area contributed by atoms with Gasteiger partial charge in [0.25, 0.3) is 0 Å². The molecule has 0 aliphatic carbocycles. The average Bonchev–Trinajstić information content (AvgIpc) is 3.08. The molecule has 1 N–H and O–H groups in total. The fourth-order valence-corrected chi connectivity index (χ4v) is 3.88. The summed E-state index contributed by atoms with van der Waals surface area (Å²) in [6, 6.07) is 10.5. The Morgan fingerprint density at radius 1 is 1.10 bits per heavy atom. The van der Waals surface area contributed by atoms with Crippen LogP contribution in [0.3, 0.4) is 0 Å². The van der Waals surface area contributed by atoms with Crippen LogP contribution in [0.5, 0.6) is 0 Å². The molecule has 2 fully saturated rings. The number of cyclic esters (lactones) is 1. The Kier molecular flexibility index (Phi) is 6.44. The lowest BCUT2D eigenvalue weighted by molar-refractivity contribution is 0.181. The second-order valence-electron chi connectivity index (χ2n) is 8.05. The number of carbonyl (C=O) groups is 1. The number of benzene rings is 1. The van der Waals surface area contributed by atoms with Crippen LogP contribution in [0, 0.1) is 0 Å². The lowest BCUT2D eigenvalue weighted by Crippen LogP contribution is -2.28. The van der Waals surface area contributed by atoms with Crippen molar-refractivity contribution in [1.29, 1.82) is 0 Å². The van der Waals surface area contributed by atoms with Gasteiger partial charge < -0.3 is 15.0 Å². The second kappa shape index (κ2) is 9.40. The first-order valence-electron chi connectivity index (χ1n) is 10.6. The van der Waals surface area contributed by atoms with Crippen LogP contribution in [0.1, 0.15) is 30.5 Å². The quantitative estimate of drug-likeness (QED) is 0.785. The number of amides is 1. The largest absolute Gasteiger partial charge is 0.447 e. The lowest BCUT2D eigenvalue weighted by Gasteiger charge is -2.21. The first-order valence-corrected chi connectivity index (χ1v) is 10.6. The number of anilines is 2. The third-order valence-electron chi connectivity index (χ3n) is 5.72. The van der Waals surface area contributed by atoms with Crippen LogP contribution in [-0.4, -0.2) is 72.2 Å². The lowest BCUT2D eigenvalue weighted by atomic mass is 10.1. The predicted octanol–water partition coefficient (Wildman–Crippen LogP) is 2.74. The van der Waals surface area contributed by atoms with Gasteiger partial charge in [-0.3, -0.25) is 9.80 Å². The molecular formula is C22H30N6O2. The van der Waals surface area contributed by atoms with Crippen molar-refractivity contribution in [3.05, 3.63) is 47.7 Å². The molecule has 2 aliphatic rings. The van der Waals surface area contributed by atoms with Gasteiger partial charge in [0.2, 0.25) is 5.95 Å². The maximum absolute atomic E-state index is 11.8. The smallest absolute Gasteiger partial charge is 0.415 e. The first kappa shape index (κ1) is 20.6. The standard InChI is InChI=1S/C22H30N6O2/c1-17(24-21-23-9-8-20(25-21)28-14-15-30-22(28)29)19-6-4-18(5-7-19)16-27-11-3-10-26(2)12-13-27/h4-9,17H,3,10-16H2,1-2H3,(H,23,24,25). The van der Waals surface area contributed by atoms with Crippen molar-refractivity contribution in [3.63, 3.8) is 0 Å². The van der Waals surface area contributed by atoms with Gasteiger partial charge in [0.1, 0.15) is 12.4 Å². The summed E-state index contributed by atoms with van der Waals surface area (Å²) >= 11 is 0. The van der Waals surface area contributed by atoms with E-state index in [1.54, 1.807) is 12.3 Å². The summed E-state index contributed by atoms with van der Waals surface area (Å²) in [4.78, 5) is 27.0. The molecular weight excluding hydrogens is 380 g/mol. The molecule has 1 unspecified atom stereocenters. The predicted molar refractivity (Wildman–Crippen MR) is 117 cm³/mol. The molecule has 1 aromatic heterocycles. The minimum atomic E-state index is -0.362. The summed E-state index contributed by atoms with van der Waals surface area (Å²) in [5.74, 6) is 1.05. The molecule has 4 rings (SSSR count). The SMILES string of the molecule is CC(Nc1nccc(N2CCOC2=O)n1)c1ccc(CN2CCCN(C)CC2)cc1. The van der Waals surface area contributed by atoms with Gasteiger partial charge in [-0.2, -0.15) is 4.98 Å². The molecule has 0 radical (unpaired) electrons. The van der Waals surface area contributed by atoms with Crippen LogP contribution in [0.2, 0.25) is 0 Å². The fraction of sp³-hybridized carbons (Fsp3) is 0.500. The van der Waals surface area contributed by atoms with Gasteiger partial charge in [-0.1, -0.05) is 24.3 Å². The third kappa shape index (κ3) is 5.06. The Bertz CT molecular complexity index is 859. The van der Waals surface area contributed by atoms with E-state index in [9.17, 15) is 4.79 Å². The maximum atomic E-state index is 11.8. The summed E-state index contributed by atoms with van der Waals surface area (Å²) in [5, 5.41) is 3.33. The highest BCUT2D eigenvalue weighted by molar-refractivity contribution is 5.88. The minimum absolute atomic E-state index is 0.0478. The van der Waals surface area contributed by atoms with E-state index in [0.29, 0.717) is 24.9 Å². The van der Waals surface area contributed by atoms with Crippen LogP contribution < -0.4 is 10.2 Å².